The number of likely N-dealkylation sites (N-methyl/N-ethyl adjacent to an activating group) is 1. The lowest BCUT2D eigenvalue weighted by atomic mass is 10.0. The minimum absolute atomic E-state index is 0.0741. The minimum atomic E-state index is -4.33. The van der Waals surface area contributed by atoms with Gasteiger partial charge in [-0.2, -0.15) is 0 Å². The molecule has 9 heteroatoms. The largest absolute Gasteiger partial charge is 0.472 e. The van der Waals surface area contributed by atoms with Crippen LogP contribution in [0.2, 0.25) is 0 Å². The maximum atomic E-state index is 13.0. The van der Waals surface area contributed by atoms with Gasteiger partial charge in [-0.3, -0.25) is 13.8 Å². The van der Waals surface area contributed by atoms with E-state index in [0.29, 0.717) is 23.9 Å². The van der Waals surface area contributed by atoms with Crippen molar-refractivity contribution in [3.8, 4) is 0 Å². The molecule has 3 atom stereocenters. The summed E-state index contributed by atoms with van der Waals surface area (Å²) >= 11 is 0. The molecule has 0 aromatic rings. The molecule has 0 saturated carbocycles. The molecule has 0 rings (SSSR count). The van der Waals surface area contributed by atoms with Crippen LogP contribution in [0.4, 0.5) is 0 Å². The third-order valence-electron chi connectivity index (χ3n) is 14.5. The Balaban J connectivity index is 4.03. The first-order valence-electron chi connectivity index (χ1n) is 32.3. The zero-order valence-corrected chi connectivity index (χ0v) is 51.6. The number of carbonyl (C=O) groups is 1. The number of nitrogens with one attached hydrogen (secondary N) is 1. The Kier molecular flexibility index (Phi) is 56.1. The predicted octanol–water partition coefficient (Wildman–Crippen LogP) is 20.2. The van der Waals surface area contributed by atoms with Crippen molar-refractivity contribution in [1.82, 2.24) is 5.32 Å². The van der Waals surface area contributed by atoms with Crippen molar-refractivity contribution in [2.45, 2.75) is 309 Å². The van der Waals surface area contributed by atoms with Gasteiger partial charge in [-0.05, 0) is 64.2 Å². The minimum Gasteiger partial charge on any atom is -0.391 e. The van der Waals surface area contributed by atoms with Crippen molar-refractivity contribution < 1.29 is 32.9 Å². The number of rotatable bonds is 59. The highest BCUT2D eigenvalue weighted by molar-refractivity contribution is 7.47. The van der Waals surface area contributed by atoms with Crippen molar-refractivity contribution in [3.05, 3.63) is 72.9 Å². The van der Waals surface area contributed by atoms with Gasteiger partial charge >= 0.3 is 7.82 Å². The van der Waals surface area contributed by atoms with Crippen LogP contribution in [0.15, 0.2) is 72.9 Å². The smallest absolute Gasteiger partial charge is 0.391 e. The van der Waals surface area contributed by atoms with E-state index in [4.69, 9.17) is 9.05 Å². The number of aliphatic hydroxyl groups is 1. The normalized spacial score (nSPS) is 14.2. The van der Waals surface area contributed by atoms with E-state index >= 15 is 0 Å². The number of unbranched alkanes of at least 4 members (excludes halogenated alkanes) is 34. The Morgan fingerprint density at radius 2 is 0.789 bits per heavy atom. The summed E-state index contributed by atoms with van der Waals surface area (Å²) in [6.07, 6.45) is 79.8. The quantitative estimate of drug-likeness (QED) is 0.0243. The summed E-state index contributed by atoms with van der Waals surface area (Å²) in [7, 11) is 1.62. The highest BCUT2D eigenvalue weighted by Crippen LogP contribution is 2.43. The number of aliphatic hydroxyl groups excluding tert-OH is 1. The monoisotopic (exact) mass is 1090 g/mol. The molecule has 3 unspecified atom stereocenters. The molecule has 0 aliphatic rings. The Labute approximate surface area is 472 Å². The zero-order chi connectivity index (χ0) is 55.6. The van der Waals surface area contributed by atoms with Gasteiger partial charge in [-0.1, -0.05) is 299 Å². The number of amides is 1. The van der Waals surface area contributed by atoms with E-state index in [9.17, 15) is 19.4 Å². The summed E-state index contributed by atoms with van der Waals surface area (Å²) in [4.78, 5) is 23.4. The van der Waals surface area contributed by atoms with Crippen molar-refractivity contribution in [2.75, 3.05) is 40.9 Å². The van der Waals surface area contributed by atoms with E-state index in [-0.39, 0.29) is 19.1 Å². The van der Waals surface area contributed by atoms with Gasteiger partial charge in [-0.25, -0.2) is 4.57 Å². The van der Waals surface area contributed by atoms with Crippen molar-refractivity contribution in [1.29, 1.82) is 0 Å². The molecule has 0 fully saturated rings. The summed E-state index contributed by atoms with van der Waals surface area (Å²) in [6, 6.07) is -0.763. The number of hydrogen-bond donors (Lipinski definition) is 3. The molecule has 0 aromatic carbocycles. The number of allylic oxidation sites excluding steroid dienone is 12. The third kappa shape index (κ3) is 59.6. The second-order valence-electron chi connectivity index (χ2n) is 23.1. The predicted molar refractivity (Wildman–Crippen MR) is 332 cm³/mol. The van der Waals surface area contributed by atoms with Gasteiger partial charge in [0.2, 0.25) is 5.91 Å². The third-order valence-corrected chi connectivity index (χ3v) is 15.5. The number of phosphoric acid groups is 1. The Hall–Kier alpha value is -2.06. The molecule has 1 amide bonds. The standard InChI is InChI=1S/C67H125N2O6P/c1-6-8-10-12-14-16-18-20-22-24-26-27-28-29-30-31-32-33-34-35-36-37-38-39-40-41-43-45-47-49-51-53-55-57-59-61-67(71)68-65(64-75-76(72,73)74-63-62-69(3,4)5)66(70)60-58-56-54-52-50-48-46-44-42-25-23-21-19-17-15-13-11-9-7-2/h8,10,14,16,20,22,26-27,29-30,32-33,65-66,70H,6-7,9,11-13,15,17-19,21,23-25,28,31,34-64H2,1-5H3,(H-,68,71,72,73)/p+1/b10-8-,16-14-,22-20-,27-26-,30-29-,33-32-. The van der Waals surface area contributed by atoms with Gasteiger partial charge in [0, 0.05) is 6.42 Å². The van der Waals surface area contributed by atoms with Gasteiger partial charge in [-0.15, -0.1) is 0 Å². The van der Waals surface area contributed by atoms with Crippen LogP contribution in [0, 0.1) is 0 Å². The number of hydrogen-bond acceptors (Lipinski definition) is 5. The Morgan fingerprint density at radius 1 is 0.461 bits per heavy atom. The summed E-state index contributed by atoms with van der Waals surface area (Å²) < 4.78 is 23.8. The topological polar surface area (TPSA) is 105 Å². The molecule has 0 spiro atoms. The Bertz CT molecular complexity index is 1470. The maximum absolute atomic E-state index is 13.0. The summed E-state index contributed by atoms with van der Waals surface area (Å²) in [6.45, 7) is 4.81. The first kappa shape index (κ1) is 73.9. The van der Waals surface area contributed by atoms with Crippen LogP contribution in [0.25, 0.3) is 0 Å². The van der Waals surface area contributed by atoms with E-state index < -0.39 is 20.0 Å². The molecule has 8 nitrogen and oxygen atoms in total. The van der Waals surface area contributed by atoms with Crippen LogP contribution in [-0.4, -0.2) is 73.4 Å². The SMILES string of the molecule is CC/C=C\C/C=C\C/C=C\C/C=C\C/C=C\C/C=C\CCCCCCCCCCCCCCCCCCC(=O)NC(COP(=O)(O)OCC[N+](C)(C)C)C(O)CCCCCCCCCCCCCCCCCCCCC. The molecule has 0 aliphatic carbocycles. The van der Waals surface area contributed by atoms with E-state index in [0.717, 1.165) is 77.0 Å². The maximum Gasteiger partial charge on any atom is 0.472 e. The van der Waals surface area contributed by atoms with E-state index in [2.05, 4.69) is 92.1 Å². The number of quaternary nitrogens is 1. The Morgan fingerprint density at radius 3 is 1.16 bits per heavy atom. The molecule has 0 bridgehead atoms. The fraction of sp³-hybridized carbons (Fsp3) is 0.806. The molecule has 76 heavy (non-hydrogen) atoms. The van der Waals surface area contributed by atoms with Crippen molar-refractivity contribution in [3.63, 3.8) is 0 Å². The molecule has 3 N–H and O–H groups in total. The van der Waals surface area contributed by atoms with E-state index in [1.165, 1.54) is 193 Å². The second-order valence-corrected chi connectivity index (χ2v) is 24.6. The average molecular weight is 1090 g/mol. The lowest BCUT2D eigenvalue weighted by molar-refractivity contribution is -0.870. The number of carbonyl (C=O) groups excluding carboxylic acids is 1. The molecule has 0 aromatic heterocycles. The zero-order valence-electron chi connectivity index (χ0n) is 50.7. The van der Waals surface area contributed by atoms with Gasteiger partial charge in [0.1, 0.15) is 13.2 Å². The summed E-state index contributed by atoms with van der Waals surface area (Å²) in [5, 5.41) is 14.1. The highest BCUT2D eigenvalue weighted by atomic mass is 31.2. The molecular formula is C67H126N2O6P+. The number of nitrogens with zero attached hydrogens (tertiary/aromatic N) is 1. The van der Waals surface area contributed by atoms with Crippen LogP contribution in [0.5, 0.6) is 0 Å². The first-order chi connectivity index (χ1) is 37.0. The first-order valence-corrected chi connectivity index (χ1v) is 33.8. The van der Waals surface area contributed by atoms with Gasteiger partial charge in [0.15, 0.2) is 0 Å². The average Bonchev–Trinajstić information content (AvgIpc) is 3.38. The van der Waals surface area contributed by atoms with Gasteiger partial charge in [0.05, 0.1) is 39.9 Å². The van der Waals surface area contributed by atoms with Crippen LogP contribution in [0.3, 0.4) is 0 Å². The molecule has 0 aliphatic heterocycles. The second kappa shape index (κ2) is 57.6. The van der Waals surface area contributed by atoms with E-state index in [1.54, 1.807) is 0 Å². The molecule has 0 radical (unpaired) electrons. The van der Waals surface area contributed by atoms with E-state index in [1.807, 2.05) is 21.1 Å². The van der Waals surface area contributed by atoms with Crippen molar-refractivity contribution >= 4 is 13.7 Å². The fourth-order valence-corrected chi connectivity index (χ4v) is 10.2. The highest BCUT2D eigenvalue weighted by Gasteiger charge is 2.28. The molecule has 0 saturated heterocycles. The van der Waals surface area contributed by atoms with Crippen LogP contribution in [-0.2, 0) is 18.4 Å². The van der Waals surface area contributed by atoms with Crippen LogP contribution >= 0.6 is 7.82 Å². The summed E-state index contributed by atoms with van der Waals surface area (Å²) in [5.74, 6) is -0.142. The fourth-order valence-electron chi connectivity index (χ4n) is 9.47. The van der Waals surface area contributed by atoms with Crippen molar-refractivity contribution in [2.24, 2.45) is 0 Å². The number of phosphoric ester groups is 1. The van der Waals surface area contributed by atoms with Crippen LogP contribution in [0.1, 0.15) is 296 Å². The van der Waals surface area contributed by atoms with Gasteiger partial charge in [0.25, 0.3) is 0 Å². The molecule has 444 valence electrons. The lowest BCUT2D eigenvalue weighted by Gasteiger charge is -2.26. The lowest BCUT2D eigenvalue weighted by Crippen LogP contribution is -2.46. The summed E-state index contributed by atoms with van der Waals surface area (Å²) in [5.41, 5.74) is 0. The molecule has 0 heterocycles. The van der Waals surface area contributed by atoms with Gasteiger partial charge < -0.3 is 19.8 Å². The molecular weight excluding hydrogens is 960 g/mol. The van der Waals surface area contributed by atoms with Crippen LogP contribution < -0.4 is 5.32 Å².